The lowest BCUT2D eigenvalue weighted by molar-refractivity contribution is 0.474. The number of fused-ring (bicyclic) bond motifs is 4. The normalized spacial score (nSPS) is 13.0. The molecule has 0 saturated heterocycles. The van der Waals surface area contributed by atoms with Crippen molar-refractivity contribution in [2.45, 2.75) is 0 Å². The molecule has 0 atom stereocenters. The molecule has 0 amide bonds. The predicted octanol–water partition coefficient (Wildman–Crippen LogP) is -15.0. The summed E-state index contributed by atoms with van der Waals surface area (Å²) < 4.78 is 13.5. The first-order chi connectivity index (χ1) is 14.6. The number of rotatable bonds is 0. The summed E-state index contributed by atoms with van der Waals surface area (Å²) in [6.07, 6.45) is 0. The Morgan fingerprint density at radius 1 is 0.419 bits per heavy atom. The van der Waals surface area contributed by atoms with Gasteiger partial charge in [0.05, 0.1) is 0 Å². The number of benzene rings is 3. The molecule has 5 rings (SSSR count). The van der Waals surface area contributed by atoms with Crippen molar-refractivity contribution < 1.29 is 9.47 Å². The molecule has 3 aromatic rings. The maximum absolute atomic E-state index is 6.77. The summed E-state index contributed by atoms with van der Waals surface area (Å²) in [5.74, 6) is 4.05. The van der Waals surface area contributed by atoms with Gasteiger partial charge in [0.25, 0.3) is 6.71 Å². The fraction of sp³-hybridized carbons (Fsp3) is 0. The van der Waals surface area contributed by atoms with E-state index in [4.69, 9.17) is 9.47 Å². The summed E-state index contributed by atoms with van der Waals surface area (Å²) in [6, 6.07) is 2.26. The highest BCUT2D eigenvalue weighted by atomic mass is 16.5. The largest absolute Gasteiger partial charge is 0.460 e. The van der Waals surface area contributed by atoms with E-state index in [0.717, 1.165) is 23.0 Å². The molecule has 0 aliphatic carbocycles. The first-order valence-corrected chi connectivity index (χ1v) is 11.3. The zero-order valence-electron chi connectivity index (χ0n) is 20.5. The molecule has 2 heterocycles. The van der Waals surface area contributed by atoms with Crippen LogP contribution in [0.1, 0.15) is 0 Å². The molecule has 31 heavy (non-hydrogen) atoms. The van der Waals surface area contributed by atoms with Crippen LogP contribution in [0.3, 0.4) is 0 Å². The second-order valence-electron chi connectivity index (χ2n) is 9.71. The third kappa shape index (κ3) is 2.55. The predicted molar refractivity (Wildman–Crippen MR) is 166 cm³/mol. The number of hydrogen-bond donors (Lipinski definition) is 0. The lowest BCUT2D eigenvalue weighted by Crippen LogP contribution is -2.72. The Kier molecular flexibility index (Phi) is 4.53. The minimum atomic E-state index is 0.132. The van der Waals surface area contributed by atoms with Crippen molar-refractivity contribution in [2.24, 2.45) is 0 Å². The molecule has 3 aromatic carbocycles. The average molecular weight is 388 g/mol. The van der Waals surface area contributed by atoms with E-state index in [-0.39, 0.29) is 6.71 Å². The first-order valence-electron chi connectivity index (χ1n) is 11.3. The molecule has 0 unspecified atom stereocenters. The Balaban J connectivity index is 2.02. The molecular weight excluding hydrogens is 367 g/mol. The van der Waals surface area contributed by atoms with Crippen LogP contribution in [-0.2, 0) is 0 Å². The van der Waals surface area contributed by atoms with Gasteiger partial charge in [-0.3, -0.25) is 0 Å². The molecule has 0 aromatic heterocycles. The van der Waals surface area contributed by atoms with Crippen molar-refractivity contribution >= 4 is 156 Å². The van der Waals surface area contributed by atoms with Gasteiger partial charge >= 0.3 is 0 Å². The fourth-order valence-electron chi connectivity index (χ4n) is 5.65. The van der Waals surface area contributed by atoms with Gasteiger partial charge < -0.3 is 9.47 Å². The monoisotopic (exact) mass is 390 g/mol. The molecular formula is C18H21B11O2. The van der Waals surface area contributed by atoms with Crippen LogP contribution in [-0.4, -0.2) is 85.2 Å². The van der Waals surface area contributed by atoms with Crippen molar-refractivity contribution in [3.05, 3.63) is 6.07 Å². The lowest BCUT2D eigenvalue weighted by atomic mass is 9.30. The maximum Gasteiger partial charge on any atom is 0.258 e. The van der Waals surface area contributed by atoms with Crippen LogP contribution in [0.5, 0.6) is 23.0 Å². The Bertz CT molecular complexity index is 1330. The molecule has 0 bridgehead atoms. The van der Waals surface area contributed by atoms with Gasteiger partial charge in [0.15, 0.2) is 0 Å². The number of ether oxygens (including phenoxy) is 2. The molecule has 2 nitrogen and oxygen atoms in total. The van der Waals surface area contributed by atoms with Crippen LogP contribution in [0.4, 0.5) is 0 Å². The molecule has 2 aliphatic heterocycles. The molecule has 0 N–H and O–H groups in total. The van der Waals surface area contributed by atoms with E-state index in [2.05, 4.69) is 84.5 Å². The average Bonchev–Trinajstić information content (AvgIpc) is 2.75. The van der Waals surface area contributed by atoms with E-state index in [0.29, 0.717) is 0 Å². The second kappa shape index (κ2) is 6.74. The molecule has 0 spiro atoms. The van der Waals surface area contributed by atoms with E-state index in [1.165, 1.54) is 71.0 Å². The molecule has 138 valence electrons. The Labute approximate surface area is 194 Å². The van der Waals surface area contributed by atoms with E-state index in [9.17, 15) is 0 Å². The lowest BCUT2D eigenvalue weighted by Gasteiger charge is -2.40. The van der Waals surface area contributed by atoms with Crippen LogP contribution in [0.15, 0.2) is 6.07 Å². The van der Waals surface area contributed by atoms with Crippen LogP contribution < -0.4 is 80.5 Å². The smallest absolute Gasteiger partial charge is 0.258 e. The highest BCUT2D eigenvalue weighted by Crippen LogP contribution is 2.28. The Hall–Kier alpha value is -2.03. The molecule has 0 saturated carbocycles. The summed E-state index contributed by atoms with van der Waals surface area (Å²) in [5, 5.41) is 0. The van der Waals surface area contributed by atoms with Gasteiger partial charge in [-0.15, -0.1) is 5.46 Å². The quantitative estimate of drug-likeness (QED) is 0.246. The van der Waals surface area contributed by atoms with E-state index in [1.54, 1.807) is 0 Å². The van der Waals surface area contributed by atoms with Gasteiger partial charge in [0.1, 0.15) is 101 Å². The SMILES string of the molecule is Bc1cc(B)c2c(c1B)B1c3c(B)c(B)c(B)c(B)c3Oc3c(B)c(B)c(B)c(c31)O2. The molecule has 13 heteroatoms. The van der Waals surface area contributed by atoms with Crippen molar-refractivity contribution in [1.82, 2.24) is 0 Å². The second-order valence-corrected chi connectivity index (χ2v) is 9.71. The van der Waals surface area contributed by atoms with Crippen LogP contribution in [0.2, 0.25) is 0 Å². The third-order valence-corrected chi connectivity index (χ3v) is 8.28. The minimum Gasteiger partial charge on any atom is -0.460 e. The highest BCUT2D eigenvalue weighted by molar-refractivity contribution is 7.03. The first kappa shape index (κ1) is 20.9. The Morgan fingerprint density at radius 2 is 0.839 bits per heavy atom. The number of hydrogen-bond acceptors (Lipinski definition) is 2. The van der Waals surface area contributed by atoms with E-state index >= 15 is 0 Å². The van der Waals surface area contributed by atoms with Crippen molar-refractivity contribution in [1.29, 1.82) is 0 Å². The molecule has 2 aliphatic rings. The highest BCUT2D eigenvalue weighted by Gasteiger charge is 2.44. The van der Waals surface area contributed by atoms with Crippen LogP contribution in [0, 0.1) is 0 Å². The zero-order chi connectivity index (χ0) is 22.5. The Morgan fingerprint density at radius 3 is 1.42 bits per heavy atom. The fourth-order valence-corrected chi connectivity index (χ4v) is 5.65. The third-order valence-electron chi connectivity index (χ3n) is 8.28. The van der Waals surface area contributed by atoms with Crippen LogP contribution >= 0.6 is 0 Å². The summed E-state index contributed by atoms with van der Waals surface area (Å²) in [5.41, 5.74) is 16.6. The zero-order valence-corrected chi connectivity index (χ0v) is 20.5. The standard InChI is InChI=1S/C18H21B11O2/c19-2-1-3(20)15-12(4(2)21)29-13-8(25)5(22)6(23)9(26)16(13)31-18-11(28)7(24)10(27)17(30-15)14(18)29/h1H,19-28H2. The van der Waals surface area contributed by atoms with E-state index in [1.807, 2.05) is 0 Å². The summed E-state index contributed by atoms with van der Waals surface area (Å²) in [6.45, 7) is 0.132. The minimum absolute atomic E-state index is 0.132. The van der Waals surface area contributed by atoms with Gasteiger partial charge in [0, 0.05) is 5.46 Å². The van der Waals surface area contributed by atoms with Gasteiger partial charge in [-0.25, -0.2) is 0 Å². The van der Waals surface area contributed by atoms with Crippen LogP contribution in [0.25, 0.3) is 0 Å². The molecule has 0 fully saturated rings. The summed E-state index contributed by atoms with van der Waals surface area (Å²) >= 11 is 0. The van der Waals surface area contributed by atoms with Gasteiger partial charge in [-0.1, -0.05) is 49.8 Å². The van der Waals surface area contributed by atoms with Crippen molar-refractivity contribution in [2.75, 3.05) is 0 Å². The van der Waals surface area contributed by atoms with E-state index < -0.39 is 0 Å². The topological polar surface area (TPSA) is 18.5 Å². The van der Waals surface area contributed by atoms with Gasteiger partial charge in [-0.2, -0.15) is 0 Å². The summed E-state index contributed by atoms with van der Waals surface area (Å²) in [7, 11) is 22.1. The maximum atomic E-state index is 6.77. The van der Waals surface area contributed by atoms with Gasteiger partial charge in [0.2, 0.25) is 0 Å². The van der Waals surface area contributed by atoms with Crippen molar-refractivity contribution in [3.8, 4) is 23.0 Å². The molecule has 0 radical (unpaired) electrons. The summed E-state index contributed by atoms with van der Waals surface area (Å²) in [4.78, 5) is 0. The van der Waals surface area contributed by atoms with Gasteiger partial charge in [-0.05, 0) is 16.4 Å². The van der Waals surface area contributed by atoms with Crippen molar-refractivity contribution in [3.63, 3.8) is 0 Å².